The van der Waals surface area contributed by atoms with Gasteiger partial charge in [-0.25, -0.2) is 50.5 Å². The molecule has 2 N–H and O–H groups in total. The predicted octanol–water partition coefficient (Wildman–Crippen LogP) is 4.51. The third-order valence-electron chi connectivity index (χ3n) is 9.89. The number of phenols is 2. The molecule has 364 valence electrons. The maximum absolute atomic E-state index is 12.0. The standard InChI is InChI=1S/2C20H14N2O10S3.3Ba/c2*23-19-17(34(27,28)29)10-12-9-13(33(24,25)26)6-7-14(12)18(19)22-21-16-8-5-11-3-1-2-4-15(11)20(16)35(30,31)32;;;/h2*1-10,23H,(H,24,25,26)(H,27,28,29)(H,30,31,32);;;/q;;3*+2/p-6. The van der Waals surface area contributed by atoms with Gasteiger partial charge in [0.2, 0.25) is 0 Å². The molecule has 0 bridgehead atoms. The summed E-state index contributed by atoms with van der Waals surface area (Å²) >= 11 is 0. The molecule has 0 fully saturated rings. The van der Waals surface area contributed by atoms with Gasteiger partial charge in [-0.05, 0) is 70.1 Å². The third-order valence-corrected chi connectivity index (χ3v) is 15.1. The summed E-state index contributed by atoms with van der Waals surface area (Å²) in [5.74, 6) is -2.30. The van der Waals surface area contributed by atoms with Gasteiger partial charge in [0.1, 0.15) is 83.5 Å². The summed E-state index contributed by atoms with van der Waals surface area (Å²) < 4.78 is 210. The third kappa shape index (κ3) is 14.3. The number of fused-ring (bicyclic) bond motifs is 4. The summed E-state index contributed by atoms with van der Waals surface area (Å²) in [5, 5.41) is 35.8. The van der Waals surface area contributed by atoms with Gasteiger partial charge in [-0.3, -0.25) is 0 Å². The first-order valence-electron chi connectivity index (χ1n) is 18.6. The SMILES string of the molecule is O=S(=O)([O-])c1ccc2c(N=Nc3ccc4ccccc4c3S(=O)(=O)[O-])c(O)c(S(=O)(=O)[O-])cc2c1.O=S(=O)([O-])c1ccc2c(N=Nc3ccc4ccccc4c3S(=O)(=O)[O-])c(O)c(S(=O)(=O)[O-])cc2c1.[Ba+2].[Ba+2].[Ba+2]. The molecule has 73 heavy (non-hydrogen) atoms. The average Bonchev–Trinajstić information content (AvgIpc) is 3.25. The Kier molecular flexibility index (Phi) is 20.6. The molecule has 0 radical (unpaired) electrons. The number of benzene rings is 8. The number of hydrogen-bond acceptors (Lipinski definition) is 24. The van der Waals surface area contributed by atoms with Gasteiger partial charge >= 0.3 is 147 Å². The molecule has 0 unspecified atom stereocenters. The fraction of sp³-hybridized carbons (Fsp3) is 0. The van der Waals surface area contributed by atoms with E-state index in [1.807, 2.05) is 0 Å². The van der Waals surface area contributed by atoms with Crippen LogP contribution in [-0.2, 0) is 60.7 Å². The first kappa shape index (κ1) is 63.3. The summed E-state index contributed by atoms with van der Waals surface area (Å²) in [4.78, 5) is -5.32. The van der Waals surface area contributed by atoms with Gasteiger partial charge in [0.05, 0.1) is 29.4 Å². The Morgan fingerprint density at radius 1 is 0.329 bits per heavy atom. The van der Waals surface area contributed by atoms with Crippen LogP contribution in [0.2, 0.25) is 0 Å². The maximum Gasteiger partial charge on any atom is 2.00 e. The number of azo groups is 2. The summed E-state index contributed by atoms with van der Waals surface area (Å²) in [6.07, 6.45) is 0. The number of phenolic OH excluding ortho intramolecular Hbond substituents is 2. The van der Waals surface area contributed by atoms with E-state index < -0.39 is 124 Å². The van der Waals surface area contributed by atoms with E-state index in [2.05, 4.69) is 20.5 Å². The second-order valence-electron chi connectivity index (χ2n) is 14.3. The zero-order chi connectivity index (χ0) is 51.5. The van der Waals surface area contributed by atoms with Crippen LogP contribution >= 0.6 is 0 Å². The Hall–Kier alpha value is -2.23. The first-order valence-corrected chi connectivity index (χ1v) is 27.0. The van der Waals surface area contributed by atoms with E-state index in [-0.39, 0.29) is 179 Å². The van der Waals surface area contributed by atoms with Gasteiger partial charge in [-0.1, -0.05) is 72.8 Å². The molecule has 33 heteroatoms. The van der Waals surface area contributed by atoms with E-state index in [0.717, 1.165) is 48.5 Å². The van der Waals surface area contributed by atoms with Crippen molar-refractivity contribution in [2.75, 3.05) is 0 Å². The normalized spacial score (nSPS) is 12.6. The van der Waals surface area contributed by atoms with E-state index in [0.29, 0.717) is 22.9 Å². The van der Waals surface area contributed by atoms with Crippen molar-refractivity contribution in [1.29, 1.82) is 0 Å². The van der Waals surface area contributed by atoms with Gasteiger partial charge in [0.25, 0.3) is 0 Å². The van der Waals surface area contributed by atoms with Gasteiger partial charge in [0, 0.05) is 21.5 Å². The van der Waals surface area contributed by atoms with Crippen molar-refractivity contribution in [1.82, 2.24) is 0 Å². The van der Waals surface area contributed by atoms with E-state index in [1.165, 1.54) is 36.4 Å². The summed E-state index contributed by atoms with van der Waals surface area (Å²) in [6, 6.07) is 23.8. The second-order valence-corrected chi connectivity index (χ2v) is 22.4. The molecule has 0 amide bonds. The molecule has 0 heterocycles. The van der Waals surface area contributed by atoms with Crippen LogP contribution in [0.25, 0.3) is 43.1 Å². The number of aromatic hydroxyl groups is 2. The second kappa shape index (κ2) is 23.8. The maximum atomic E-state index is 12.0. The van der Waals surface area contributed by atoms with Crippen molar-refractivity contribution in [3.63, 3.8) is 0 Å². The van der Waals surface area contributed by atoms with Gasteiger partial charge in [-0.2, -0.15) is 0 Å². The van der Waals surface area contributed by atoms with E-state index in [1.54, 1.807) is 24.3 Å². The van der Waals surface area contributed by atoms with Crippen LogP contribution in [-0.4, -0.2) is 235 Å². The van der Waals surface area contributed by atoms with Crippen molar-refractivity contribution >= 4 is 273 Å². The largest absolute Gasteiger partial charge is 2.00 e. The molecule has 0 spiro atoms. The fourth-order valence-electron chi connectivity index (χ4n) is 6.91. The van der Waals surface area contributed by atoms with E-state index in [9.17, 15) is 88.0 Å². The van der Waals surface area contributed by atoms with Crippen LogP contribution in [0.15, 0.2) is 171 Å². The zero-order valence-corrected chi connectivity index (χ0v) is 54.4. The van der Waals surface area contributed by atoms with Crippen molar-refractivity contribution in [3.8, 4) is 11.5 Å². The van der Waals surface area contributed by atoms with Crippen molar-refractivity contribution in [2.24, 2.45) is 20.5 Å². The van der Waals surface area contributed by atoms with Crippen LogP contribution in [0.3, 0.4) is 0 Å². The Labute approximate surface area is 534 Å². The smallest absolute Gasteiger partial charge is 0.744 e. The molecule has 8 aromatic carbocycles. The summed E-state index contributed by atoms with van der Waals surface area (Å²) in [6.45, 7) is 0. The molecule has 8 rings (SSSR count). The molecule has 0 aliphatic carbocycles. The van der Waals surface area contributed by atoms with Gasteiger partial charge < -0.3 is 37.5 Å². The van der Waals surface area contributed by atoms with Crippen molar-refractivity contribution in [3.05, 3.63) is 121 Å². The summed E-state index contributed by atoms with van der Waals surface area (Å²) in [7, 11) is -30.7. The molecule has 0 saturated heterocycles. The van der Waals surface area contributed by atoms with Crippen LogP contribution in [0.1, 0.15) is 0 Å². The minimum Gasteiger partial charge on any atom is -0.744 e. The van der Waals surface area contributed by atoms with Gasteiger partial charge in [0.15, 0.2) is 11.5 Å². The predicted molar refractivity (Wildman–Crippen MR) is 253 cm³/mol. The zero-order valence-electron chi connectivity index (χ0n) is 36.1. The van der Waals surface area contributed by atoms with E-state index in [4.69, 9.17) is 0 Å². The van der Waals surface area contributed by atoms with Crippen molar-refractivity contribution in [2.45, 2.75) is 29.4 Å². The molecule has 0 atom stereocenters. The molecule has 24 nitrogen and oxygen atoms in total. The van der Waals surface area contributed by atoms with E-state index >= 15 is 0 Å². The Morgan fingerprint density at radius 3 is 0.959 bits per heavy atom. The average molecular weight is 1480 g/mol. The fourth-order valence-corrected chi connectivity index (χ4v) is 10.8. The Bertz CT molecular complexity index is 4060. The van der Waals surface area contributed by atoms with Gasteiger partial charge in [-0.15, -0.1) is 20.5 Å². The topological polar surface area (TPSA) is 433 Å². The monoisotopic (exact) mass is 1480 g/mol. The van der Waals surface area contributed by atoms with Crippen LogP contribution in [0.5, 0.6) is 11.5 Å². The molecular weight excluding hydrogens is 1460 g/mol. The van der Waals surface area contributed by atoms with Crippen LogP contribution in [0, 0.1) is 0 Å². The first-order chi connectivity index (χ1) is 32.4. The molecule has 8 aromatic rings. The minimum atomic E-state index is -5.31. The Morgan fingerprint density at radius 2 is 0.658 bits per heavy atom. The number of hydrogen-bond donors (Lipinski definition) is 2. The summed E-state index contributed by atoms with van der Waals surface area (Å²) in [5.41, 5.74) is -2.18. The molecule has 0 aromatic heterocycles. The molecule has 0 saturated carbocycles. The quantitative estimate of drug-likeness (QED) is 0.108. The van der Waals surface area contributed by atoms with Crippen LogP contribution < -0.4 is 0 Å². The number of rotatable bonds is 10. The van der Waals surface area contributed by atoms with Crippen molar-refractivity contribution < 1.29 is 88.0 Å². The molecule has 0 aliphatic rings. The Balaban J connectivity index is 0.000000304. The molecule has 0 aliphatic heterocycles. The molecular formula is C40H22Ba3N4O20S6. The van der Waals surface area contributed by atoms with Crippen LogP contribution in [0.4, 0.5) is 22.7 Å². The minimum absolute atomic E-state index is 0. The number of nitrogens with zero attached hydrogens (tertiary/aromatic N) is 4.